The first kappa shape index (κ1) is 21.0. The van der Waals surface area contributed by atoms with E-state index in [1.54, 1.807) is 12.1 Å². The summed E-state index contributed by atoms with van der Waals surface area (Å²) in [6, 6.07) is 9.82. The van der Waals surface area contributed by atoms with Crippen molar-refractivity contribution in [3.8, 4) is 5.69 Å². The Bertz CT molecular complexity index is 1560. The summed E-state index contributed by atoms with van der Waals surface area (Å²) in [4.78, 5) is 29.2. The first-order valence-electron chi connectivity index (χ1n) is 10.2. The molecule has 0 bridgehead atoms. The topological polar surface area (TPSA) is 88.5 Å². The van der Waals surface area contributed by atoms with Gasteiger partial charge in [0.25, 0.3) is 5.56 Å². The smallest absolute Gasteiger partial charge is 0.264 e. The van der Waals surface area contributed by atoms with E-state index < -0.39 is 23.2 Å². The highest BCUT2D eigenvalue weighted by Gasteiger charge is 2.23. The van der Waals surface area contributed by atoms with Gasteiger partial charge in [0.15, 0.2) is 11.5 Å². The number of rotatable bonds is 5. The second kappa shape index (κ2) is 8.25. The zero-order chi connectivity index (χ0) is 23.1. The van der Waals surface area contributed by atoms with Gasteiger partial charge in [-0.3, -0.25) is 9.36 Å². The SMILES string of the molecule is CC[C@H](Nc1ncnc2[nH]cnc12)c1cc2ccc(F)c(Cl)c2c(=O)n1-c1ccccc1F. The molecule has 3 heterocycles. The third kappa shape index (κ3) is 3.50. The van der Waals surface area contributed by atoms with E-state index in [0.717, 1.165) is 0 Å². The van der Waals surface area contributed by atoms with Crippen LogP contribution in [0.25, 0.3) is 27.6 Å². The number of hydrogen-bond donors (Lipinski definition) is 2. The number of aromatic nitrogens is 5. The van der Waals surface area contributed by atoms with Crippen LogP contribution < -0.4 is 10.9 Å². The summed E-state index contributed by atoms with van der Waals surface area (Å²) in [5, 5.41) is 3.42. The summed E-state index contributed by atoms with van der Waals surface area (Å²) < 4.78 is 30.3. The van der Waals surface area contributed by atoms with Gasteiger partial charge in [0.2, 0.25) is 0 Å². The third-order valence-corrected chi connectivity index (χ3v) is 5.86. The van der Waals surface area contributed by atoms with Crippen molar-refractivity contribution in [1.82, 2.24) is 24.5 Å². The molecular weight excluding hydrogens is 450 g/mol. The Hall–Kier alpha value is -3.85. The Morgan fingerprint density at radius 3 is 2.73 bits per heavy atom. The van der Waals surface area contributed by atoms with Crippen molar-refractivity contribution in [2.75, 3.05) is 5.32 Å². The van der Waals surface area contributed by atoms with Crippen LogP contribution in [0.3, 0.4) is 0 Å². The Morgan fingerprint density at radius 1 is 1.12 bits per heavy atom. The van der Waals surface area contributed by atoms with Crippen LogP contribution in [0.5, 0.6) is 0 Å². The van der Waals surface area contributed by atoms with E-state index in [4.69, 9.17) is 11.6 Å². The Labute approximate surface area is 191 Å². The molecular formula is C23H17ClF2N6O. The van der Waals surface area contributed by atoms with Gasteiger partial charge in [-0.15, -0.1) is 0 Å². The number of fused-ring (bicyclic) bond motifs is 2. The van der Waals surface area contributed by atoms with Crippen LogP contribution in [0.4, 0.5) is 14.6 Å². The molecule has 5 rings (SSSR count). The molecule has 0 amide bonds. The average Bonchev–Trinajstić information content (AvgIpc) is 3.30. The standard InChI is InChI=1S/C23H17ClF2N6O/c1-2-15(31-22-20-21(28-10-27-20)29-11-30-22)17-9-12-7-8-14(26)19(24)18(12)23(33)32(17)16-6-4-3-5-13(16)25/h3-11,15H,2H2,1H3,(H2,27,28,29,30,31)/t15-/m0/s1. The summed E-state index contributed by atoms with van der Waals surface area (Å²) >= 11 is 6.15. The first-order chi connectivity index (χ1) is 16.0. The molecule has 3 aromatic heterocycles. The van der Waals surface area contributed by atoms with E-state index in [2.05, 4.69) is 25.3 Å². The number of H-pyrrole nitrogens is 1. The molecule has 1 atom stereocenters. The van der Waals surface area contributed by atoms with Crippen molar-refractivity contribution < 1.29 is 8.78 Å². The highest BCUT2D eigenvalue weighted by atomic mass is 35.5. The predicted molar refractivity (Wildman–Crippen MR) is 123 cm³/mol. The fraction of sp³-hybridized carbons (Fsp3) is 0.130. The van der Waals surface area contributed by atoms with Crippen molar-refractivity contribution in [3.63, 3.8) is 0 Å². The number of hydrogen-bond acceptors (Lipinski definition) is 5. The van der Waals surface area contributed by atoms with Gasteiger partial charge in [0.05, 0.1) is 28.5 Å². The van der Waals surface area contributed by atoms with Crippen molar-refractivity contribution >= 4 is 39.4 Å². The number of aromatic amines is 1. The van der Waals surface area contributed by atoms with Crippen LogP contribution in [0, 0.1) is 11.6 Å². The summed E-state index contributed by atoms with van der Waals surface area (Å²) in [6.45, 7) is 1.92. The van der Waals surface area contributed by atoms with Gasteiger partial charge < -0.3 is 10.3 Å². The molecule has 0 aliphatic heterocycles. The van der Waals surface area contributed by atoms with E-state index in [0.29, 0.717) is 34.5 Å². The molecule has 0 aliphatic rings. The second-order valence-electron chi connectivity index (χ2n) is 7.41. The molecule has 33 heavy (non-hydrogen) atoms. The number of benzene rings is 2. The lowest BCUT2D eigenvalue weighted by atomic mass is 10.0. The average molecular weight is 467 g/mol. The zero-order valence-corrected chi connectivity index (χ0v) is 18.1. The summed E-state index contributed by atoms with van der Waals surface area (Å²) in [7, 11) is 0. The maximum Gasteiger partial charge on any atom is 0.264 e. The summed E-state index contributed by atoms with van der Waals surface area (Å²) in [5.41, 5.74) is 0.957. The number of anilines is 1. The molecule has 0 spiro atoms. The zero-order valence-electron chi connectivity index (χ0n) is 17.3. The molecule has 2 aromatic carbocycles. The Morgan fingerprint density at radius 2 is 1.94 bits per heavy atom. The summed E-state index contributed by atoms with van der Waals surface area (Å²) in [6.07, 6.45) is 3.42. The van der Waals surface area contributed by atoms with Crippen LogP contribution in [0.2, 0.25) is 5.02 Å². The molecule has 5 aromatic rings. The number of nitrogens with one attached hydrogen (secondary N) is 2. The number of nitrogens with zero attached hydrogens (tertiary/aromatic N) is 4. The lowest BCUT2D eigenvalue weighted by molar-refractivity contribution is 0.605. The van der Waals surface area contributed by atoms with Crippen molar-refractivity contribution in [2.45, 2.75) is 19.4 Å². The quantitative estimate of drug-likeness (QED) is 0.374. The normalized spacial score (nSPS) is 12.4. The van der Waals surface area contributed by atoms with Gasteiger partial charge in [-0.1, -0.05) is 36.7 Å². The van der Waals surface area contributed by atoms with Crippen molar-refractivity contribution in [3.05, 3.63) is 87.8 Å². The van der Waals surface area contributed by atoms with Crippen LogP contribution in [-0.4, -0.2) is 24.5 Å². The molecule has 7 nitrogen and oxygen atoms in total. The van der Waals surface area contributed by atoms with E-state index >= 15 is 0 Å². The number of para-hydroxylation sites is 1. The fourth-order valence-corrected chi connectivity index (χ4v) is 4.17. The molecule has 0 unspecified atom stereocenters. The predicted octanol–water partition coefficient (Wildman–Crippen LogP) is 5.15. The lowest BCUT2D eigenvalue weighted by Crippen LogP contribution is -2.27. The molecule has 0 saturated heterocycles. The molecule has 0 saturated carbocycles. The highest BCUT2D eigenvalue weighted by molar-refractivity contribution is 6.35. The maximum absolute atomic E-state index is 14.9. The van der Waals surface area contributed by atoms with Gasteiger partial charge in [0.1, 0.15) is 23.5 Å². The van der Waals surface area contributed by atoms with E-state index in [9.17, 15) is 13.6 Å². The monoisotopic (exact) mass is 466 g/mol. The fourth-order valence-electron chi connectivity index (χ4n) is 3.91. The third-order valence-electron chi connectivity index (χ3n) is 5.49. The van der Waals surface area contributed by atoms with Crippen LogP contribution in [0.15, 0.2) is 59.9 Å². The molecule has 166 valence electrons. The van der Waals surface area contributed by atoms with Gasteiger partial charge in [-0.2, -0.15) is 0 Å². The van der Waals surface area contributed by atoms with Gasteiger partial charge in [-0.25, -0.2) is 23.7 Å². The molecule has 0 fully saturated rings. The Balaban J connectivity index is 1.78. The van der Waals surface area contributed by atoms with Gasteiger partial charge in [-0.05, 0) is 36.1 Å². The first-order valence-corrected chi connectivity index (χ1v) is 10.6. The van der Waals surface area contributed by atoms with Crippen LogP contribution in [0.1, 0.15) is 25.1 Å². The largest absolute Gasteiger partial charge is 0.360 e. The van der Waals surface area contributed by atoms with E-state index in [1.165, 1.54) is 47.6 Å². The second-order valence-corrected chi connectivity index (χ2v) is 7.79. The minimum atomic E-state index is -0.721. The minimum Gasteiger partial charge on any atom is -0.360 e. The van der Waals surface area contributed by atoms with Crippen LogP contribution >= 0.6 is 11.6 Å². The summed E-state index contributed by atoms with van der Waals surface area (Å²) in [5.74, 6) is -0.863. The number of halogens is 3. The van der Waals surface area contributed by atoms with Crippen molar-refractivity contribution in [2.24, 2.45) is 0 Å². The number of imidazole rings is 1. The molecule has 2 N–H and O–H groups in total. The van der Waals surface area contributed by atoms with E-state index in [1.807, 2.05) is 6.92 Å². The van der Waals surface area contributed by atoms with E-state index in [-0.39, 0.29) is 16.1 Å². The maximum atomic E-state index is 14.9. The molecule has 10 heteroatoms. The lowest BCUT2D eigenvalue weighted by Gasteiger charge is -2.24. The van der Waals surface area contributed by atoms with Gasteiger partial charge >= 0.3 is 0 Å². The van der Waals surface area contributed by atoms with Crippen LogP contribution in [-0.2, 0) is 0 Å². The number of pyridine rings is 1. The van der Waals surface area contributed by atoms with Gasteiger partial charge in [0, 0.05) is 5.69 Å². The highest BCUT2D eigenvalue weighted by Crippen LogP contribution is 2.31. The Kier molecular flexibility index (Phi) is 5.26. The minimum absolute atomic E-state index is 0.0183. The molecule has 0 radical (unpaired) electrons. The van der Waals surface area contributed by atoms with Crippen molar-refractivity contribution in [1.29, 1.82) is 0 Å². The molecule has 0 aliphatic carbocycles.